The smallest absolute Gasteiger partial charge is 0.140 e. The maximum Gasteiger partial charge on any atom is 0.140 e. The lowest BCUT2D eigenvalue weighted by molar-refractivity contribution is 0.385. The van der Waals surface area contributed by atoms with Gasteiger partial charge in [-0.1, -0.05) is 18.1 Å². The molecule has 2 rings (SSSR count). The standard InChI is InChI=1S/C16H21BrO2/c1-18-15-11-10-14(17)16(19-2)13(15)9-8-12-6-4-3-5-7-12/h8,10-11H,3-7,9H2,1-2H3. The molecule has 0 bridgehead atoms. The summed E-state index contributed by atoms with van der Waals surface area (Å²) in [5, 5.41) is 0. The van der Waals surface area contributed by atoms with E-state index < -0.39 is 0 Å². The number of allylic oxidation sites excluding steroid dienone is 2. The van der Waals surface area contributed by atoms with E-state index in [2.05, 4.69) is 22.0 Å². The van der Waals surface area contributed by atoms with E-state index in [1.54, 1.807) is 19.8 Å². The van der Waals surface area contributed by atoms with Crippen LogP contribution in [-0.2, 0) is 6.42 Å². The van der Waals surface area contributed by atoms with Crippen molar-refractivity contribution in [3.05, 3.63) is 33.8 Å². The molecule has 104 valence electrons. The van der Waals surface area contributed by atoms with Gasteiger partial charge in [-0.2, -0.15) is 0 Å². The third-order valence-electron chi connectivity index (χ3n) is 3.68. The van der Waals surface area contributed by atoms with Crippen molar-refractivity contribution in [2.24, 2.45) is 0 Å². The Kier molecular flexibility index (Phi) is 5.32. The lowest BCUT2D eigenvalue weighted by atomic mass is 9.93. The minimum atomic E-state index is 0.876. The summed E-state index contributed by atoms with van der Waals surface area (Å²) in [5.41, 5.74) is 2.70. The molecule has 1 aromatic carbocycles. The Balaban J connectivity index is 2.24. The molecule has 0 heterocycles. The summed E-state index contributed by atoms with van der Waals surface area (Å²) in [6.07, 6.45) is 9.77. The molecule has 1 aromatic rings. The largest absolute Gasteiger partial charge is 0.496 e. The molecule has 0 saturated heterocycles. The van der Waals surface area contributed by atoms with E-state index in [-0.39, 0.29) is 0 Å². The van der Waals surface area contributed by atoms with Crippen LogP contribution in [0.2, 0.25) is 0 Å². The first-order valence-corrected chi connectivity index (χ1v) is 7.62. The van der Waals surface area contributed by atoms with Crippen molar-refractivity contribution in [1.82, 2.24) is 0 Å². The first-order chi connectivity index (χ1) is 9.26. The molecule has 0 aliphatic heterocycles. The second-order valence-electron chi connectivity index (χ2n) is 4.89. The summed E-state index contributed by atoms with van der Waals surface area (Å²) < 4.78 is 11.9. The molecule has 0 N–H and O–H groups in total. The van der Waals surface area contributed by atoms with Gasteiger partial charge in [0.1, 0.15) is 11.5 Å². The molecule has 3 heteroatoms. The minimum absolute atomic E-state index is 0.876. The molecule has 19 heavy (non-hydrogen) atoms. The maximum absolute atomic E-state index is 5.50. The number of benzene rings is 1. The zero-order chi connectivity index (χ0) is 13.7. The average molecular weight is 325 g/mol. The summed E-state index contributed by atoms with van der Waals surface area (Å²) in [6.45, 7) is 0. The predicted molar refractivity (Wildman–Crippen MR) is 82.1 cm³/mol. The Morgan fingerprint density at radius 1 is 1.11 bits per heavy atom. The monoisotopic (exact) mass is 324 g/mol. The van der Waals surface area contributed by atoms with E-state index in [9.17, 15) is 0 Å². The van der Waals surface area contributed by atoms with Crippen LogP contribution in [-0.4, -0.2) is 14.2 Å². The van der Waals surface area contributed by atoms with E-state index in [0.717, 1.165) is 28.0 Å². The summed E-state index contributed by atoms with van der Waals surface area (Å²) in [5.74, 6) is 1.78. The van der Waals surface area contributed by atoms with Crippen molar-refractivity contribution in [2.45, 2.75) is 38.5 Å². The maximum atomic E-state index is 5.50. The summed E-state index contributed by atoms with van der Waals surface area (Å²) in [7, 11) is 3.41. The number of rotatable bonds is 4. The lowest BCUT2D eigenvalue weighted by Crippen LogP contribution is -1.99. The highest BCUT2D eigenvalue weighted by Gasteiger charge is 2.13. The molecule has 0 aromatic heterocycles. The Bertz CT molecular complexity index is 458. The Morgan fingerprint density at radius 2 is 1.84 bits per heavy atom. The highest BCUT2D eigenvalue weighted by Crippen LogP contribution is 2.36. The summed E-state index contributed by atoms with van der Waals surface area (Å²) in [6, 6.07) is 3.95. The van der Waals surface area contributed by atoms with Gasteiger partial charge in [0.05, 0.1) is 18.7 Å². The van der Waals surface area contributed by atoms with Gasteiger partial charge in [-0.05, 0) is 60.2 Å². The molecule has 1 aliphatic carbocycles. The van der Waals surface area contributed by atoms with Gasteiger partial charge in [-0.3, -0.25) is 0 Å². The fraction of sp³-hybridized carbons (Fsp3) is 0.500. The average Bonchev–Trinajstić information content (AvgIpc) is 2.46. The zero-order valence-corrected chi connectivity index (χ0v) is 13.3. The van der Waals surface area contributed by atoms with Crippen LogP contribution >= 0.6 is 15.9 Å². The molecule has 0 atom stereocenters. The summed E-state index contributed by atoms with van der Waals surface area (Å²) >= 11 is 3.54. The Morgan fingerprint density at radius 3 is 2.47 bits per heavy atom. The fourth-order valence-corrected chi connectivity index (χ4v) is 3.18. The van der Waals surface area contributed by atoms with Crippen LogP contribution in [0, 0.1) is 0 Å². The van der Waals surface area contributed by atoms with Crippen LogP contribution in [0.15, 0.2) is 28.3 Å². The van der Waals surface area contributed by atoms with Crippen LogP contribution < -0.4 is 9.47 Å². The molecule has 0 spiro atoms. The quantitative estimate of drug-likeness (QED) is 0.733. The van der Waals surface area contributed by atoms with E-state index in [0.29, 0.717) is 0 Å². The lowest BCUT2D eigenvalue weighted by Gasteiger charge is -2.16. The van der Waals surface area contributed by atoms with Gasteiger partial charge >= 0.3 is 0 Å². The zero-order valence-electron chi connectivity index (χ0n) is 11.7. The Hall–Kier alpha value is -0.960. The van der Waals surface area contributed by atoms with Crippen molar-refractivity contribution in [3.63, 3.8) is 0 Å². The molecule has 1 aliphatic rings. The van der Waals surface area contributed by atoms with E-state index >= 15 is 0 Å². The van der Waals surface area contributed by atoms with Crippen molar-refractivity contribution in [2.75, 3.05) is 14.2 Å². The highest BCUT2D eigenvalue weighted by atomic mass is 79.9. The third-order valence-corrected chi connectivity index (χ3v) is 4.31. The van der Waals surface area contributed by atoms with E-state index in [1.807, 2.05) is 12.1 Å². The predicted octanol–water partition coefficient (Wildman–Crippen LogP) is 4.90. The van der Waals surface area contributed by atoms with Crippen molar-refractivity contribution in [3.8, 4) is 11.5 Å². The van der Waals surface area contributed by atoms with Gasteiger partial charge in [0, 0.05) is 5.56 Å². The SMILES string of the molecule is COc1ccc(Br)c(OC)c1CC=C1CCCCC1. The van der Waals surface area contributed by atoms with Crippen LogP contribution in [0.4, 0.5) is 0 Å². The van der Waals surface area contributed by atoms with Gasteiger partial charge in [-0.25, -0.2) is 0 Å². The molecular weight excluding hydrogens is 304 g/mol. The molecule has 1 fully saturated rings. The molecule has 2 nitrogen and oxygen atoms in total. The fourth-order valence-electron chi connectivity index (χ4n) is 2.64. The van der Waals surface area contributed by atoms with E-state index in [4.69, 9.17) is 9.47 Å². The van der Waals surface area contributed by atoms with Gasteiger partial charge in [0.25, 0.3) is 0 Å². The topological polar surface area (TPSA) is 18.5 Å². The number of halogens is 1. The van der Waals surface area contributed by atoms with Crippen molar-refractivity contribution >= 4 is 15.9 Å². The van der Waals surface area contributed by atoms with Crippen molar-refractivity contribution in [1.29, 1.82) is 0 Å². The highest BCUT2D eigenvalue weighted by molar-refractivity contribution is 9.10. The van der Waals surface area contributed by atoms with Gasteiger partial charge in [0.15, 0.2) is 0 Å². The van der Waals surface area contributed by atoms with E-state index in [1.165, 1.54) is 32.1 Å². The number of hydrogen-bond donors (Lipinski definition) is 0. The molecule has 0 radical (unpaired) electrons. The normalized spacial score (nSPS) is 15.2. The number of methoxy groups -OCH3 is 2. The second-order valence-corrected chi connectivity index (χ2v) is 5.74. The second kappa shape index (κ2) is 6.99. The molecule has 0 unspecified atom stereocenters. The van der Waals surface area contributed by atoms with Gasteiger partial charge in [-0.15, -0.1) is 0 Å². The number of ether oxygens (including phenoxy) is 2. The molecule has 0 amide bonds. The van der Waals surface area contributed by atoms with Gasteiger partial charge < -0.3 is 9.47 Å². The van der Waals surface area contributed by atoms with Crippen LogP contribution in [0.25, 0.3) is 0 Å². The van der Waals surface area contributed by atoms with Crippen LogP contribution in [0.3, 0.4) is 0 Å². The summed E-state index contributed by atoms with van der Waals surface area (Å²) in [4.78, 5) is 0. The first-order valence-electron chi connectivity index (χ1n) is 6.83. The Labute approximate surface area is 123 Å². The molecular formula is C16H21BrO2. The van der Waals surface area contributed by atoms with Crippen molar-refractivity contribution < 1.29 is 9.47 Å². The molecule has 1 saturated carbocycles. The van der Waals surface area contributed by atoms with Crippen LogP contribution in [0.5, 0.6) is 11.5 Å². The van der Waals surface area contributed by atoms with Crippen LogP contribution in [0.1, 0.15) is 37.7 Å². The third kappa shape index (κ3) is 3.53. The minimum Gasteiger partial charge on any atom is -0.496 e. The number of hydrogen-bond acceptors (Lipinski definition) is 2. The van der Waals surface area contributed by atoms with Gasteiger partial charge in [0.2, 0.25) is 0 Å². The first kappa shape index (κ1) is 14.4.